The molecule has 2 amide bonds. The van der Waals surface area contributed by atoms with Gasteiger partial charge >= 0.3 is 0 Å². The lowest BCUT2D eigenvalue weighted by molar-refractivity contribution is -0.114. The lowest BCUT2D eigenvalue weighted by Crippen LogP contribution is -2.18. The average molecular weight is 332 g/mol. The molecule has 0 saturated carbocycles. The van der Waals surface area contributed by atoms with Gasteiger partial charge in [0.05, 0.1) is 11.5 Å². The second kappa shape index (κ2) is 8.33. The van der Waals surface area contributed by atoms with Crippen LogP contribution in [-0.4, -0.2) is 23.3 Å². The molecule has 120 valence electrons. The number of amides is 2. The molecule has 0 aliphatic rings. The van der Waals surface area contributed by atoms with Crippen molar-refractivity contribution in [3.8, 4) is 0 Å². The van der Waals surface area contributed by atoms with Crippen LogP contribution in [-0.2, 0) is 9.59 Å². The van der Waals surface area contributed by atoms with Crippen LogP contribution in [0, 0.1) is 12.7 Å². The molecule has 2 N–H and O–H groups in total. The Morgan fingerprint density at radius 2 is 1.57 bits per heavy atom. The zero-order valence-corrected chi connectivity index (χ0v) is 13.5. The van der Waals surface area contributed by atoms with Crippen LogP contribution >= 0.6 is 11.8 Å². The van der Waals surface area contributed by atoms with E-state index in [1.807, 2.05) is 31.2 Å². The van der Waals surface area contributed by atoms with Gasteiger partial charge in [-0.15, -0.1) is 11.8 Å². The van der Waals surface area contributed by atoms with E-state index in [4.69, 9.17) is 0 Å². The number of halogens is 1. The Hall–Kier alpha value is -2.34. The van der Waals surface area contributed by atoms with Crippen molar-refractivity contribution in [3.05, 3.63) is 59.9 Å². The molecule has 2 aromatic carbocycles. The molecule has 0 heterocycles. The Labute approximate surface area is 138 Å². The predicted octanol–water partition coefficient (Wildman–Crippen LogP) is 3.44. The minimum atomic E-state index is -0.409. The molecule has 0 fully saturated rings. The van der Waals surface area contributed by atoms with Gasteiger partial charge in [0, 0.05) is 11.4 Å². The first-order chi connectivity index (χ1) is 11.0. The number of rotatable bonds is 6. The number of hydrogen-bond acceptors (Lipinski definition) is 3. The zero-order valence-electron chi connectivity index (χ0n) is 12.6. The Kier molecular flexibility index (Phi) is 6.17. The fourth-order valence-electron chi connectivity index (χ4n) is 1.83. The number of carbonyl (C=O) groups excluding carboxylic acids is 2. The molecule has 0 aliphatic heterocycles. The molecule has 0 radical (unpaired) electrons. The molecule has 23 heavy (non-hydrogen) atoms. The van der Waals surface area contributed by atoms with Crippen molar-refractivity contribution in [2.75, 3.05) is 22.1 Å². The molecule has 4 nitrogen and oxygen atoms in total. The highest BCUT2D eigenvalue weighted by Gasteiger charge is 2.07. The van der Waals surface area contributed by atoms with Gasteiger partial charge in [-0.25, -0.2) is 4.39 Å². The third kappa shape index (κ3) is 6.12. The van der Waals surface area contributed by atoms with Gasteiger partial charge in [0.15, 0.2) is 0 Å². The summed E-state index contributed by atoms with van der Waals surface area (Å²) in [5.41, 5.74) is 2.25. The highest BCUT2D eigenvalue weighted by atomic mass is 32.2. The van der Waals surface area contributed by atoms with Crippen LogP contribution in [0.25, 0.3) is 0 Å². The molecule has 2 aromatic rings. The van der Waals surface area contributed by atoms with Crippen molar-refractivity contribution in [1.29, 1.82) is 0 Å². The van der Waals surface area contributed by atoms with E-state index in [1.165, 1.54) is 30.0 Å². The van der Waals surface area contributed by atoms with Crippen LogP contribution in [0.2, 0.25) is 0 Å². The van der Waals surface area contributed by atoms with Gasteiger partial charge in [-0.1, -0.05) is 23.8 Å². The number of benzene rings is 2. The molecule has 6 heteroatoms. The molecule has 0 aromatic heterocycles. The summed E-state index contributed by atoms with van der Waals surface area (Å²) in [5.74, 6) is -0.559. The Bertz CT molecular complexity index is 689. The normalized spacial score (nSPS) is 10.2. The van der Waals surface area contributed by atoms with Crippen LogP contribution in [0.5, 0.6) is 0 Å². The van der Waals surface area contributed by atoms with Crippen LogP contribution in [0.3, 0.4) is 0 Å². The van der Waals surface area contributed by atoms with Gasteiger partial charge in [-0.2, -0.15) is 0 Å². The number of nitrogens with one attached hydrogen (secondary N) is 2. The summed E-state index contributed by atoms with van der Waals surface area (Å²) in [7, 11) is 0. The summed E-state index contributed by atoms with van der Waals surface area (Å²) in [6.45, 7) is 1.97. The maximum absolute atomic E-state index is 13.0. The molecular formula is C17H17FN2O2S. The smallest absolute Gasteiger partial charge is 0.234 e. The van der Waals surface area contributed by atoms with Crippen molar-refractivity contribution >= 4 is 35.0 Å². The first-order valence-electron chi connectivity index (χ1n) is 7.02. The molecule has 0 spiro atoms. The van der Waals surface area contributed by atoms with Crippen molar-refractivity contribution in [2.45, 2.75) is 6.92 Å². The van der Waals surface area contributed by atoms with Gasteiger partial charge in [-0.05, 0) is 37.3 Å². The monoisotopic (exact) mass is 332 g/mol. The van der Waals surface area contributed by atoms with Crippen molar-refractivity contribution in [3.63, 3.8) is 0 Å². The summed E-state index contributed by atoms with van der Waals surface area (Å²) in [4.78, 5) is 23.5. The molecule has 0 saturated heterocycles. The molecule has 2 rings (SSSR count). The third-order valence-electron chi connectivity index (χ3n) is 2.91. The highest BCUT2D eigenvalue weighted by Crippen LogP contribution is 2.11. The van der Waals surface area contributed by atoms with E-state index >= 15 is 0 Å². The molecule has 0 unspecified atom stereocenters. The van der Waals surface area contributed by atoms with E-state index in [1.54, 1.807) is 6.07 Å². The van der Waals surface area contributed by atoms with E-state index in [2.05, 4.69) is 10.6 Å². The number of hydrogen-bond donors (Lipinski definition) is 2. The molecular weight excluding hydrogens is 315 g/mol. The van der Waals surface area contributed by atoms with E-state index in [9.17, 15) is 14.0 Å². The maximum atomic E-state index is 13.0. The Balaban J connectivity index is 1.70. The number of carbonyl (C=O) groups is 2. The second-order valence-electron chi connectivity index (χ2n) is 4.97. The van der Waals surface area contributed by atoms with Gasteiger partial charge in [0.2, 0.25) is 11.8 Å². The maximum Gasteiger partial charge on any atom is 0.234 e. The number of anilines is 2. The topological polar surface area (TPSA) is 58.2 Å². The van der Waals surface area contributed by atoms with Crippen molar-refractivity contribution < 1.29 is 14.0 Å². The lowest BCUT2D eigenvalue weighted by atomic mass is 10.2. The molecule has 0 atom stereocenters. The predicted molar refractivity (Wildman–Crippen MR) is 92.2 cm³/mol. The average Bonchev–Trinajstić information content (AvgIpc) is 2.49. The first-order valence-corrected chi connectivity index (χ1v) is 8.18. The first kappa shape index (κ1) is 17.0. The van der Waals surface area contributed by atoms with Crippen LogP contribution in [0.4, 0.5) is 15.8 Å². The molecule has 0 aliphatic carbocycles. The van der Waals surface area contributed by atoms with Gasteiger partial charge in [0.25, 0.3) is 0 Å². The highest BCUT2D eigenvalue weighted by molar-refractivity contribution is 8.00. The van der Waals surface area contributed by atoms with Crippen molar-refractivity contribution in [1.82, 2.24) is 0 Å². The van der Waals surface area contributed by atoms with E-state index in [-0.39, 0.29) is 23.3 Å². The summed E-state index contributed by atoms with van der Waals surface area (Å²) in [5, 5.41) is 5.34. The quantitative estimate of drug-likeness (QED) is 0.852. The van der Waals surface area contributed by atoms with E-state index in [0.717, 1.165) is 11.3 Å². The van der Waals surface area contributed by atoms with Gasteiger partial charge < -0.3 is 10.6 Å². The summed E-state index contributed by atoms with van der Waals surface area (Å²) in [6.07, 6.45) is 0. The summed E-state index contributed by atoms with van der Waals surface area (Å²) >= 11 is 1.20. The van der Waals surface area contributed by atoms with Gasteiger partial charge in [0.1, 0.15) is 5.82 Å². The lowest BCUT2D eigenvalue weighted by Gasteiger charge is -2.06. The minimum absolute atomic E-state index is 0.123. The largest absolute Gasteiger partial charge is 0.325 e. The van der Waals surface area contributed by atoms with Crippen molar-refractivity contribution in [2.24, 2.45) is 0 Å². The van der Waals surface area contributed by atoms with E-state index < -0.39 is 5.82 Å². The van der Waals surface area contributed by atoms with Crippen LogP contribution in [0.15, 0.2) is 48.5 Å². The minimum Gasteiger partial charge on any atom is -0.325 e. The van der Waals surface area contributed by atoms with Gasteiger partial charge in [-0.3, -0.25) is 9.59 Å². The third-order valence-corrected chi connectivity index (χ3v) is 3.84. The Morgan fingerprint density at radius 3 is 2.17 bits per heavy atom. The fourth-order valence-corrected chi connectivity index (χ4v) is 2.45. The fraction of sp³-hybridized carbons (Fsp3) is 0.176. The summed E-state index contributed by atoms with van der Waals surface area (Å²) < 4.78 is 13.0. The SMILES string of the molecule is Cc1ccc(NC(=O)CSCC(=O)Nc2cccc(F)c2)cc1. The number of aryl methyl sites for hydroxylation is 1. The standard InChI is InChI=1S/C17H17FN2O2S/c1-12-5-7-14(8-6-12)19-16(21)10-23-11-17(22)20-15-4-2-3-13(18)9-15/h2-9H,10-11H2,1H3,(H,19,21)(H,20,22). The van der Waals surface area contributed by atoms with Crippen LogP contribution < -0.4 is 10.6 Å². The number of thioether (sulfide) groups is 1. The van der Waals surface area contributed by atoms with E-state index in [0.29, 0.717) is 5.69 Å². The molecule has 0 bridgehead atoms. The Morgan fingerprint density at radius 1 is 0.957 bits per heavy atom. The van der Waals surface area contributed by atoms with Crippen LogP contribution in [0.1, 0.15) is 5.56 Å². The summed E-state index contributed by atoms with van der Waals surface area (Å²) in [6, 6.07) is 13.2. The second-order valence-corrected chi connectivity index (χ2v) is 5.95. The zero-order chi connectivity index (χ0) is 16.7.